The van der Waals surface area contributed by atoms with Crippen molar-refractivity contribution < 1.29 is 13.5 Å². The Labute approximate surface area is 114 Å². The summed E-state index contributed by atoms with van der Waals surface area (Å²) in [4.78, 5) is 0. The van der Waals surface area contributed by atoms with Gasteiger partial charge in [0, 0.05) is 18.7 Å². The molecule has 0 amide bonds. The standard InChI is InChI=1S/C15H23F2NO/c1-5-19-15(10(2)3)14(18-4)8-11-6-12(16)9-13(17)7-11/h6-7,9-10,14-15,18H,5,8H2,1-4H3. The van der Waals surface area contributed by atoms with E-state index in [2.05, 4.69) is 19.2 Å². The Morgan fingerprint density at radius 3 is 2.16 bits per heavy atom. The Morgan fingerprint density at radius 1 is 1.16 bits per heavy atom. The van der Waals surface area contributed by atoms with Gasteiger partial charge < -0.3 is 10.1 Å². The van der Waals surface area contributed by atoms with Crippen LogP contribution in [0, 0.1) is 17.6 Å². The normalized spacial score (nSPS) is 14.7. The van der Waals surface area contributed by atoms with Crippen LogP contribution in [0.2, 0.25) is 0 Å². The molecule has 19 heavy (non-hydrogen) atoms. The van der Waals surface area contributed by atoms with Gasteiger partial charge in [0.15, 0.2) is 0 Å². The monoisotopic (exact) mass is 271 g/mol. The zero-order valence-electron chi connectivity index (χ0n) is 12.0. The second-order valence-corrected chi connectivity index (χ2v) is 5.04. The van der Waals surface area contributed by atoms with Gasteiger partial charge in [-0.15, -0.1) is 0 Å². The molecule has 0 aliphatic rings. The molecule has 1 N–H and O–H groups in total. The molecule has 1 aromatic rings. The van der Waals surface area contributed by atoms with Gasteiger partial charge >= 0.3 is 0 Å². The third-order valence-corrected chi connectivity index (χ3v) is 3.16. The smallest absolute Gasteiger partial charge is 0.126 e. The SMILES string of the molecule is CCOC(C(C)C)C(Cc1cc(F)cc(F)c1)NC. The second kappa shape index (κ2) is 7.56. The summed E-state index contributed by atoms with van der Waals surface area (Å²) >= 11 is 0. The van der Waals surface area contributed by atoms with Gasteiger partial charge in [-0.25, -0.2) is 8.78 Å². The molecule has 0 saturated heterocycles. The highest BCUT2D eigenvalue weighted by molar-refractivity contribution is 5.19. The number of hydrogen-bond acceptors (Lipinski definition) is 2. The second-order valence-electron chi connectivity index (χ2n) is 5.04. The zero-order valence-corrected chi connectivity index (χ0v) is 12.0. The fourth-order valence-electron chi connectivity index (χ4n) is 2.33. The minimum Gasteiger partial charge on any atom is -0.377 e. The Morgan fingerprint density at radius 2 is 1.74 bits per heavy atom. The number of likely N-dealkylation sites (N-methyl/N-ethyl adjacent to an activating group) is 1. The lowest BCUT2D eigenvalue weighted by molar-refractivity contribution is 0.00532. The summed E-state index contributed by atoms with van der Waals surface area (Å²) in [5, 5.41) is 3.19. The third-order valence-electron chi connectivity index (χ3n) is 3.16. The molecule has 0 aliphatic heterocycles. The molecule has 2 unspecified atom stereocenters. The summed E-state index contributed by atoms with van der Waals surface area (Å²) in [7, 11) is 1.84. The highest BCUT2D eigenvalue weighted by atomic mass is 19.1. The van der Waals surface area contributed by atoms with E-state index < -0.39 is 11.6 Å². The Balaban J connectivity index is 2.84. The van der Waals surface area contributed by atoms with E-state index in [1.54, 1.807) is 0 Å². The van der Waals surface area contributed by atoms with Crippen molar-refractivity contribution in [2.75, 3.05) is 13.7 Å². The Bertz CT molecular complexity index is 375. The van der Waals surface area contributed by atoms with Gasteiger partial charge in [0.25, 0.3) is 0 Å². The Hall–Kier alpha value is -1.00. The first-order chi connectivity index (χ1) is 8.97. The van der Waals surface area contributed by atoms with Crippen molar-refractivity contribution in [1.82, 2.24) is 5.32 Å². The van der Waals surface area contributed by atoms with Crippen molar-refractivity contribution in [2.24, 2.45) is 5.92 Å². The van der Waals surface area contributed by atoms with Gasteiger partial charge in [-0.3, -0.25) is 0 Å². The highest BCUT2D eigenvalue weighted by Gasteiger charge is 2.24. The van der Waals surface area contributed by atoms with E-state index in [0.29, 0.717) is 24.5 Å². The summed E-state index contributed by atoms with van der Waals surface area (Å²) in [6, 6.07) is 3.66. The minimum atomic E-state index is -0.539. The minimum absolute atomic E-state index is 0.0151. The lowest BCUT2D eigenvalue weighted by atomic mass is 9.94. The van der Waals surface area contributed by atoms with E-state index in [0.717, 1.165) is 6.07 Å². The van der Waals surface area contributed by atoms with E-state index in [9.17, 15) is 8.78 Å². The number of nitrogens with one attached hydrogen (secondary N) is 1. The molecule has 0 heterocycles. The molecule has 2 nitrogen and oxygen atoms in total. The summed E-state index contributed by atoms with van der Waals surface area (Å²) in [6.45, 7) is 6.73. The van der Waals surface area contributed by atoms with Crippen LogP contribution in [0.4, 0.5) is 8.78 Å². The van der Waals surface area contributed by atoms with Crippen molar-refractivity contribution >= 4 is 0 Å². The van der Waals surface area contributed by atoms with Crippen LogP contribution in [-0.4, -0.2) is 25.8 Å². The average molecular weight is 271 g/mol. The molecule has 0 bridgehead atoms. The number of benzene rings is 1. The highest BCUT2D eigenvalue weighted by Crippen LogP contribution is 2.17. The largest absolute Gasteiger partial charge is 0.377 e. The van der Waals surface area contributed by atoms with Crippen molar-refractivity contribution in [3.05, 3.63) is 35.4 Å². The zero-order chi connectivity index (χ0) is 14.4. The third kappa shape index (κ3) is 4.88. The van der Waals surface area contributed by atoms with Crippen molar-refractivity contribution in [2.45, 2.75) is 39.3 Å². The first-order valence-corrected chi connectivity index (χ1v) is 6.71. The number of halogens is 2. The summed E-state index contributed by atoms with van der Waals surface area (Å²) in [6.07, 6.45) is 0.551. The number of ether oxygens (including phenoxy) is 1. The molecule has 108 valence electrons. The molecule has 4 heteroatoms. The maximum Gasteiger partial charge on any atom is 0.126 e. The van der Waals surface area contributed by atoms with Crippen LogP contribution in [0.15, 0.2) is 18.2 Å². The lowest BCUT2D eigenvalue weighted by Crippen LogP contribution is -2.44. The fraction of sp³-hybridized carbons (Fsp3) is 0.600. The number of hydrogen-bond donors (Lipinski definition) is 1. The molecule has 0 aromatic heterocycles. The molecule has 0 saturated carbocycles. The average Bonchev–Trinajstić information content (AvgIpc) is 2.32. The first-order valence-electron chi connectivity index (χ1n) is 6.71. The summed E-state index contributed by atoms with van der Waals surface area (Å²) in [5.74, 6) is -0.750. The van der Waals surface area contributed by atoms with Crippen molar-refractivity contribution in [1.29, 1.82) is 0 Å². The van der Waals surface area contributed by atoms with Crippen LogP contribution in [-0.2, 0) is 11.2 Å². The van der Waals surface area contributed by atoms with E-state index in [1.165, 1.54) is 12.1 Å². The van der Waals surface area contributed by atoms with Crippen LogP contribution in [0.25, 0.3) is 0 Å². The molecule has 0 fully saturated rings. The van der Waals surface area contributed by atoms with E-state index in [4.69, 9.17) is 4.74 Å². The fourth-order valence-corrected chi connectivity index (χ4v) is 2.33. The molecule has 0 aliphatic carbocycles. The molecule has 0 spiro atoms. The van der Waals surface area contributed by atoms with E-state index >= 15 is 0 Å². The molecule has 1 aromatic carbocycles. The van der Waals surface area contributed by atoms with Gasteiger partial charge in [-0.2, -0.15) is 0 Å². The van der Waals surface area contributed by atoms with Crippen molar-refractivity contribution in [3.8, 4) is 0 Å². The lowest BCUT2D eigenvalue weighted by Gasteiger charge is -2.30. The van der Waals surface area contributed by atoms with E-state index in [1.807, 2.05) is 14.0 Å². The molecule has 1 rings (SSSR count). The molecular weight excluding hydrogens is 248 g/mol. The maximum absolute atomic E-state index is 13.2. The van der Waals surface area contributed by atoms with Crippen LogP contribution in [0.5, 0.6) is 0 Å². The number of rotatable bonds is 7. The molecular formula is C15H23F2NO. The van der Waals surface area contributed by atoms with Crippen LogP contribution in [0.1, 0.15) is 26.3 Å². The van der Waals surface area contributed by atoms with Crippen LogP contribution >= 0.6 is 0 Å². The molecule has 2 atom stereocenters. The van der Waals surface area contributed by atoms with Gasteiger partial charge in [-0.05, 0) is 44.0 Å². The summed E-state index contributed by atoms with van der Waals surface area (Å²) < 4.78 is 32.1. The van der Waals surface area contributed by atoms with Gasteiger partial charge in [0.05, 0.1) is 6.10 Å². The van der Waals surface area contributed by atoms with Gasteiger partial charge in [0.2, 0.25) is 0 Å². The van der Waals surface area contributed by atoms with E-state index in [-0.39, 0.29) is 12.1 Å². The van der Waals surface area contributed by atoms with Gasteiger partial charge in [-0.1, -0.05) is 13.8 Å². The first kappa shape index (κ1) is 16.1. The Kier molecular flexibility index (Phi) is 6.38. The topological polar surface area (TPSA) is 21.3 Å². The predicted octanol–water partition coefficient (Wildman–Crippen LogP) is 3.16. The van der Waals surface area contributed by atoms with Gasteiger partial charge in [0.1, 0.15) is 11.6 Å². The van der Waals surface area contributed by atoms with Crippen molar-refractivity contribution in [3.63, 3.8) is 0 Å². The van der Waals surface area contributed by atoms with Crippen LogP contribution < -0.4 is 5.32 Å². The maximum atomic E-state index is 13.2. The molecule has 0 radical (unpaired) electrons. The van der Waals surface area contributed by atoms with Crippen LogP contribution in [0.3, 0.4) is 0 Å². The summed E-state index contributed by atoms with van der Waals surface area (Å²) in [5.41, 5.74) is 0.641. The quantitative estimate of drug-likeness (QED) is 0.822. The predicted molar refractivity (Wildman–Crippen MR) is 73.2 cm³/mol.